The summed E-state index contributed by atoms with van der Waals surface area (Å²) in [5, 5.41) is -0.452. The summed E-state index contributed by atoms with van der Waals surface area (Å²) in [4.78, 5) is 40.0. The van der Waals surface area contributed by atoms with Crippen molar-refractivity contribution in [2.75, 3.05) is 37.6 Å². The van der Waals surface area contributed by atoms with E-state index in [4.69, 9.17) is 9.47 Å². The van der Waals surface area contributed by atoms with Crippen molar-refractivity contribution in [1.82, 2.24) is 9.66 Å². The molecule has 1 atom stereocenters. The van der Waals surface area contributed by atoms with Crippen molar-refractivity contribution in [2.45, 2.75) is 25.1 Å². The maximum Gasteiger partial charge on any atom is 0.444 e. The molecule has 11 nitrogen and oxygen atoms in total. The second-order valence-corrected chi connectivity index (χ2v) is 8.96. The lowest BCUT2D eigenvalue weighted by atomic mass is 9.97. The molecule has 1 amide bonds. The maximum atomic E-state index is 13.7. The Balaban J connectivity index is 2.26. The number of rotatable bonds is 6. The van der Waals surface area contributed by atoms with Crippen LogP contribution in [0.25, 0.3) is 10.9 Å². The van der Waals surface area contributed by atoms with E-state index in [2.05, 4.69) is 4.74 Å². The van der Waals surface area contributed by atoms with Crippen LogP contribution >= 0.6 is 0 Å². The Morgan fingerprint density at radius 3 is 2.55 bits per heavy atom. The van der Waals surface area contributed by atoms with E-state index in [-0.39, 0.29) is 40.9 Å². The number of methoxy groups -OCH3 is 1. The summed E-state index contributed by atoms with van der Waals surface area (Å²) < 4.78 is 79.9. The van der Waals surface area contributed by atoms with E-state index >= 15 is 0 Å². The van der Waals surface area contributed by atoms with Gasteiger partial charge in [0.15, 0.2) is 0 Å². The molecule has 1 fully saturated rings. The van der Waals surface area contributed by atoms with Crippen molar-refractivity contribution in [3.63, 3.8) is 0 Å². The highest BCUT2D eigenvalue weighted by Gasteiger charge is 2.38. The maximum absolute atomic E-state index is 13.7. The average Bonchev–Trinajstić information content (AvgIpc) is 3.23. The van der Waals surface area contributed by atoms with Gasteiger partial charge in [-0.2, -0.15) is 13.2 Å². The number of H-pyrrole nitrogens is 1. The zero-order valence-electron chi connectivity index (χ0n) is 17.5. The van der Waals surface area contributed by atoms with Gasteiger partial charge in [0.1, 0.15) is 6.61 Å². The third-order valence-electron chi connectivity index (χ3n) is 4.79. The Hall–Kier alpha value is -2.91. The van der Waals surface area contributed by atoms with Gasteiger partial charge in [0.25, 0.3) is 15.6 Å². The second-order valence-electron chi connectivity index (χ2n) is 7.14. The Bertz CT molecular complexity index is 1280. The minimum Gasteiger partial charge on any atom is -0.445 e. The number of carbonyl (C=O) groups excluding carboxylic acids is 1. The molecule has 1 aromatic heterocycles. The van der Waals surface area contributed by atoms with Gasteiger partial charge in [-0.25, -0.2) is 18.0 Å². The monoisotopic (exact) mass is 495 g/mol. The van der Waals surface area contributed by atoms with Gasteiger partial charge < -0.3 is 19.2 Å². The zero-order chi connectivity index (χ0) is 24.6. The predicted molar refractivity (Wildman–Crippen MR) is 108 cm³/mol. The van der Waals surface area contributed by atoms with Gasteiger partial charge in [-0.3, -0.25) is 4.79 Å². The van der Waals surface area contributed by atoms with Crippen LogP contribution in [0.2, 0.25) is 0 Å². The quantitative estimate of drug-likeness (QED) is 0.591. The molecule has 0 spiro atoms. The first-order valence-electron chi connectivity index (χ1n) is 9.54. The number of amides is 1. The van der Waals surface area contributed by atoms with Gasteiger partial charge >= 0.3 is 18.0 Å². The molecule has 0 unspecified atom stereocenters. The van der Waals surface area contributed by atoms with Gasteiger partial charge in [0.05, 0.1) is 35.4 Å². The number of benzene rings is 1. The summed E-state index contributed by atoms with van der Waals surface area (Å²) in [5.74, 6) is 0. The van der Waals surface area contributed by atoms with Crippen LogP contribution in [-0.4, -0.2) is 57.4 Å². The Kier molecular flexibility index (Phi) is 6.85. The van der Waals surface area contributed by atoms with Crippen LogP contribution in [0.1, 0.15) is 30.1 Å². The highest BCUT2D eigenvalue weighted by Crippen LogP contribution is 2.40. The molecular formula is C18H20F3N3O8S. The minimum absolute atomic E-state index is 0.0423. The van der Waals surface area contributed by atoms with E-state index in [9.17, 15) is 36.0 Å². The molecule has 1 saturated heterocycles. The number of hydrogen-bond acceptors (Lipinski definition) is 8. The molecule has 0 bridgehead atoms. The summed E-state index contributed by atoms with van der Waals surface area (Å²) in [6.45, 7) is -0.262. The van der Waals surface area contributed by atoms with E-state index in [1.165, 1.54) is 7.11 Å². The fourth-order valence-electron chi connectivity index (χ4n) is 3.40. The van der Waals surface area contributed by atoms with Gasteiger partial charge in [0.2, 0.25) is 0 Å². The molecule has 0 aliphatic carbocycles. The number of sulfonamides is 1. The molecule has 1 aromatic carbocycles. The van der Waals surface area contributed by atoms with Crippen LogP contribution < -0.4 is 15.7 Å². The Morgan fingerprint density at radius 1 is 1.30 bits per heavy atom. The molecule has 0 radical (unpaired) electrons. The van der Waals surface area contributed by atoms with Crippen LogP contribution in [0.4, 0.5) is 18.0 Å². The number of carbonyl (C=O) groups is 1. The molecule has 0 saturated carbocycles. The fourth-order valence-corrected chi connectivity index (χ4v) is 4.17. The van der Waals surface area contributed by atoms with Crippen molar-refractivity contribution in [3.8, 4) is 0 Å². The second kappa shape index (κ2) is 9.15. The number of ether oxygens (including phenoxy) is 3. The highest BCUT2D eigenvalue weighted by molar-refractivity contribution is 7.92. The topological polar surface area (TPSA) is 137 Å². The normalized spacial score (nSPS) is 16.8. The summed E-state index contributed by atoms with van der Waals surface area (Å²) in [6.07, 6.45) is -6.02. The van der Waals surface area contributed by atoms with Crippen molar-refractivity contribution in [2.24, 2.45) is 0 Å². The average molecular weight is 495 g/mol. The number of aromatic nitrogens is 2. The number of nitrogens with one attached hydrogen (secondary N) is 1. The van der Waals surface area contributed by atoms with E-state index in [1.807, 2.05) is 4.98 Å². The minimum atomic E-state index is -4.81. The van der Waals surface area contributed by atoms with Gasteiger partial charge in [0, 0.05) is 13.7 Å². The number of alkyl halides is 3. The first-order valence-corrected chi connectivity index (χ1v) is 11.4. The highest BCUT2D eigenvalue weighted by atomic mass is 32.2. The standard InChI is InChI=1S/C18H20F3N3O8S/c1-30-6-7-32-17(27)24(33(2,28)29)23-15(25)11-8-10(14-4-3-5-31-14)12(18(19,20)21)9-13(11)22-16(23)26/h8-9,14H,3-7H2,1-2H3,(H,22,26)/t14-/m1/s1. The van der Waals surface area contributed by atoms with Crippen molar-refractivity contribution < 1.29 is 40.6 Å². The smallest absolute Gasteiger partial charge is 0.444 e. The third kappa shape index (κ3) is 5.04. The summed E-state index contributed by atoms with van der Waals surface area (Å²) in [6, 6.07) is 1.47. The molecule has 1 N–H and O–H groups in total. The van der Waals surface area contributed by atoms with Gasteiger partial charge in [-0.1, -0.05) is 4.41 Å². The molecule has 1 aliphatic heterocycles. The molecule has 1 aliphatic rings. The molecule has 2 heterocycles. The van der Waals surface area contributed by atoms with Crippen molar-refractivity contribution >= 4 is 27.0 Å². The first kappa shape index (κ1) is 24.7. The lowest BCUT2D eigenvalue weighted by Gasteiger charge is -2.22. The van der Waals surface area contributed by atoms with Crippen LogP contribution in [-0.2, 0) is 30.4 Å². The van der Waals surface area contributed by atoms with Gasteiger partial charge in [-0.05, 0) is 30.5 Å². The molecule has 33 heavy (non-hydrogen) atoms. The first-order chi connectivity index (χ1) is 15.4. The van der Waals surface area contributed by atoms with E-state index in [0.717, 1.165) is 6.07 Å². The van der Waals surface area contributed by atoms with Crippen LogP contribution in [0, 0.1) is 0 Å². The Morgan fingerprint density at radius 2 is 2.00 bits per heavy atom. The summed E-state index contributed by atoms with van der Waals surface area (Å²) in [5.41, 5.74) is -4.72. The SMILES string of the molecule is COCCOC(=O)N(n1c(=O)[nH]c2cc(C(F)(F)F)c([C@H]3CCCO3)cc2c1=O)S(C)(=O)=O. The number of halogens is 3. The Labute approximate surface area is 184 Å². The number of fused-ring (bicyclic) bond motifs is 1. The molecular weight excluding hydrogens is 475 g/mol. The molecule has 15 heteroatoms. The van der Waals surface area contributed by atoms with Crippen molar-refractivity contribution in [3.05, 3.63) is 44.1 Å². The fraction of sp³-hybridized carbons (Fsp3) is 0.500. The van der Waals surface area contributed by atoms with E-state index in [0.29, 0.717) is 18.7 Å². The number of nitrogens with zero attached hydrogens (tertiary/aromatic N) is 2. The number of aromatic amines is 1. The molecule has 182 valence electrons. The predicted octanol–water partition coefficient (Wildman–Crippen LogP) is 1.24. The molecule has 2 aromatic rings. The van der Waals surface area contributed by atoms with Crippen molar-refractivity contribution in [1.29, 1.82) is 0 Å². The lowest BCUT2D eigenvalue weighted by molar-refractivity contribution is -0.139. The largest absolute Gasteiger partial charge is 0.445 e. The zero-order valence-corrected chi connectivity index (χ0v) is 18.3. The summed E-state index contributed by atoms with van der Waals surface area (Å²) >= 11 is 0. The summed E-state index contributed by atoms with van der Waals surface area (Å²) in [7, 11) is -3.28. The number of hydrogen-bond donors (Lipinski definition) is 1. The van der Waals surface area contributed by atoms with E-state index in [1.54, 1.807) is 0 Å². The molecule has 3 rings (SSSR count). The van der Waals surface area contributed by atoms with E-state index < -0.39 is 56.1 Å². The van der Waals surface area contributed by atoms with Gasteiger partial charge in [-0.15, -0.1) is 4.68 Å². The van der Waals surface area contributed by atoms with Crippen LogP contribution in [0.3, 0.4) is 0 Å². The lowest BCUT2D eigenvalue weighted by Crippen LogP contribution is -2.56. The van der Waals surface area contributed by atoms with Crippen LogP contribution in [0.5, 0.6) is 0 Å². The third-order valence-corrected chi connectivity index (χ3v) is 5.73. The van der Waals surface area contributed by atoms with Crippen LogP contribution in [0.15, 0.2) is 21.7 Å².